The highest BCUT2D eigenvalue weighted by molar-refractivity contribution is 4.86. The topological polar surface area (TPSA) is 32.7 Å². The first-order valence-electron chi connectivity index (χ1n) is 4.52. The number of ether oxygens (including phenoxy) is 1. The Bertz CT molecular complexity index is 149. The third-order valence-electron chi connectivity index (χ3n) is 2.56. The van der Waals surface area contributed by atoms with Gasteiger partial charge in [0.25, 0.3) is 0 Å². The van der Waals surface area contributed by atoms with Crippen molar-refractivity contribution in [3.63, 3.8) is 0 Å². The number of aliphatic hydroxyl groups excluding tert-OH is 1. The van der Waals surface area contributed by atoms with E-state index in [0.717, 1.165) is 6.42 Å². The van der Waals surface area contributed by atoms with Crippen LogP contribution >= 0.6 is 0 Å². The molecule has 1 aliphatic heterocycles. The molecule has 1 rings (SSSR count). The predicted octanol–water partition coefficient (Wildman–Crippen LogP) is 0.475. The van der Waals surface area contributed by atoms with Gasteiger partial charge in [0.2, 0.25) is 0 Å². The Labute approximate surface area is 74.3 Å². The summed E-state index contributed by atoms with van der Waals surface area (Å²) in [5.74, 6) is 0. The average molecular weight is 173 g/mol. The van der Waals surface area contributed by atoms with Gasteiger partial charge < -0.3 is 14.7 Å². The highest BCUT2D eigenvalue weighted by atomic mass is 16.5. The second-order valence-electron chi connectivity index (χ2n) is 3.91. The Balaban J connectivity index is 2.60. The summed E-state index contributed by atoms with van der Waals surface area (Å²) in [6, 6.07) is 0.240. The van der Waals surface area contributed by atoms with Crippen molar-refractivity contribution in [2.75, 3.05) is 14.1 Å². The van der Waals surface area contributed by atoms with Crippen LogP contribution in [-0.2, 0) is 4.74 Å². The maximum absolute atomic E-state index is 9.76. The Morgan fingerprint density at radius 3 is 2.42 bits per heavy atom. The summed E-state index contributed by atoms with van der Waals surface area (Å²) in [4.78, 5) is 2.07. The molecular weight excluding hydrogens is 154 g/mol. The van der Waals surface area contributed by atoms with E-state index >= 15 is 0 Å². The van der Waals surface area contributed by atoms with E-state index in [1.165, 1.54) is 0 Å². The summed E-state index contributed by atoms with van der Waals surface area (Å²) >= 11 is 0. The Hall–Kier alpha value is -0.120. The van der Waals surface area contributed by atoms with Crippen molar-refractivity contribution in [1.82, 2.24) is 4.90 Å². The van der Waals surface area contributed by atoms with Crippen molar-refractivity contribution in [2.45, 2.75) is 44.6 Å². The van der Waals surface area contributed by atoms with Gasteiger partial charge in [-0.15, -0.1) is 0 Å². The third-order valence-corrected chi connectivity index (χ3v) is 2.56. The lowest BCUT2D eigenvalue weighted by Crippen LogP contribution is -2.52. The molecule has 4 atom stereocenters. The number of nitrogens with zero attached hydrogens (tertiary/aromatic N) is 1. The molecule has 0 aromatic carbocycles. The lowest BCUT2D eigenvalue weighted by atomic mass is 9.96. The average Bonchev–Trinajstić information content (AvgIpc) is 1.96. The van der Waals surface area contributed by atoms with Crippen molar-refractivity contribution in [2.24, 2.45) is 0 Å². The fourth-order valence-corrected chi connectivity index (χ4v) is 1.81. The highest BCUT2D eigenvalue weighted by Gasteiger charge is 2.34. The summed E-state index contributed by atoms with van der Waals surface area (Å²) in [7, 11) is 4.00. The zero-order chi connectivity index (χ0) is 9.30. The van der Waals surface area contributed by atoms with E-state index in [4.69, 9.17) is 4.74 Å². The molecule has 0 aromatic heterocycles. The molecule has 3 nitrogen and oxygen atoms in total. The molecule has 1 fully saturated rings. The van der Waals surface area contributed by atoms with Gasteiger partial charge >= 0.3 is 0 Å². The molecule has 0 amide bonds. The first-order chi connectivity index (χ1) is 5.52. The van der Waals surface area contributed by atoms with Crippen molar-refractivity contribution in [3.8, 4) is 0 Å². The zero-order valence-electron chi connectivity index (χ0n) is 8.32. The van der Waals surface area contributed by atoms with Crippen molar-refractivity contribution in [3.05, 3.63) is 0 Å². The van der Waals surface area contributed by atoms with Crippen LogP contribution in [0.4, 0.5) is 0 Å². The van der Waals surface area contributed by atoms with E-state index in [1.807, 2.05) is 21.0 Å². The summed E-state index contributed by atoms with van der Waals surface area (Å²) in [5, 5.41) is 9.76. The standard InChI is InChI=1S/C9H19NO2/c1-6-5-8(10(3)4)9(11)7(2)12-6/h6-9,11H,5H2,1-4H3/t6?,7-,8?,9-/m1/s1. The molecule has 0 radical (unpaired) electrons. The smallest absolute Gasteiger partial charge is 0.0954 e. The second-order valence-corrected chi connectivity index (χ2v) is 3.91. The molecular formula is C9H19NO2. The van der Waals surface area contributed by atoms with Crippen LogP contribution in [0.25, 0.3) is 0 Å². The Morgan fingerprint density at radius 2 is 1.92 bits per heavy atom. The quantitative estimate of drug-likeness (QED) is 0.626. The number of hydrogen-bond donors (Lipinski definition) is 1. The molecule has 72 valence electrons. The molecule has 0 bridgehead atoms. The van der Waals surface area contributed by atoms with E-state index in [2.05, 4.69) is 11.8 Å². The van der Waals surface area contributed by atoms with E-state index < -0.39 is 0 Å². The summed E-state index contributed by atoms with van der Waals surface area (Å²) in [6.45, 7) is 3.98. The Morgan fingerprint density at radius 1 is 1.33 bits per heavy atom. The molecule has 1 saturated heterocycles. The van der Waals surface area contributed by atoms with Gasteiger partial charge in [-0.3, -0.25) is 0 Å². The molecule has 1 N–H and O–H groups in total. The number of rotatable bonds is 1. The fraction of sp³-hybridized carbons (Fsp3) is 1.00. The van der Waals surface area contributed by atoms with Gasteiger partial charge in [-0.1, -0.05) is 0 Å². The largest absolute Gasteiger partial charge is 0.389 e. The van der Waals surface area contributed by atoms with Gasteiger partial charge in [0.1, 0.15) is 0 Å². The molecule has 1 heterocycles. The SMILES string of the molecule is CC1CC(N(C)C)[C@H](O)[C@@H](C)O1. The zero-order valence-corrected chi connectivity index (χ0v) is 8.32. The molecule has 12 heavy (non-hydrogen) atoms. The van der Waals surface area contributed by atoms with E-state index in [1.54, 1.807) is 0 Å². The molecule has 0 aromatic rings. The van der Waals surface area contributed by atoms with Gasteiger partial charge in [0.15, 0.2) is 0 Å². The molecule has 1 aliphatic rings. The second kappa shape index (κ2) is 3.73. The van der Waals surface area contributed by atoms with E-state index in [0.29, 0.717) is 0 Å². The van der Waals surface area contributed by atoms with Crippen LogP contribution in [0.15, 0.2) is 0 Å². The van der Waals surface area contributed by atoms with Gasteiger partial charge in [0, 0.05) is 6.04 Å². The number of hydrogen-bond acceptors (Lipinski definition) is 3. The minimum Gasteiger partial charge on any atom is -0.389 e. The lowest BCUT2D eigenvalue weighted by Gasteiger charge is -2.40. The van der Waals surface area contributed by atoms with Crippen molar-refractivity contribution >= 4 is 0 Å². The first kappa shape index (κ1) is 9.96. The third kappa shape index (κ3) is 1.97. The summed E-state index contributed by atoms with van der Waals surface area (Å²) < 4.78 is 5.50. The monoisotopic (exact) mass is 173 g/mol. The fourth-order valence-electron chi connectivity index (χ4n) is 1.81. The van der Waals surface area contributed by atoms with Crippen molar-refractivity contribution in [1.29, 1.82) is 0 Å². The number of likely N-dealkylation sites (N-methyl/N-ethyl adjacent to an activating group) is 1. The summed E-state index contributed by atoms with van der Waals surface area (Å²) in [6.07, 6.45) is 0.784. The maximum atomic E-state index is 9.76. The molecule has 2 unspecified atom stereocenters. The molecule has 0 spiro atoms. The van der Waals surface area contributed by atoms with Crippen LogP contribution in [0.3, 0.4) is 0 Å². The van der Waals surface area contributed by atoms with Gasteiger partial charge in [0.05, 0.1) is 18.3 Å². The van der Waals surface area contributed by atoms with Gasteiger partial charge in [-0.05, 0) is 34.4 Å². The van der Waals surface area contributed by atoms with Crippen LogP contribution < -0.4 is 0 Å². The minimum atomic E-state index is -0.351. The predicted molar refractivity (Wildman–Crippen MR) is 48.1 cm³/mol. The highest BCUT2D eigenvalue weighted by Crippen LogP contribution is 2.22. The van der Waals surface area contributed by atoms with Crippen LogP contribution in [-0.4, -0.2) is 48.5 Å². The molecule has 3 heteroatoms. The van der Waals surface area contributed by atoms with Crippen LogP contribution in [0.1, 0.15) is 20.3 Å². The summed E-state index contributed by atoms with van der Waals surface area (Å²) in [5.41, 5.74) is 0. The lowest BCUT2D eigenvalue weighted by molar-refractivity contribution is -0.134. The van der Waals surface area contributed by atoms with Crippen LogP contribution in [0.5, 0.6) is 0 Å². The normalized spacial score (nSPS) is 43.5. The van der Waals surface area contributed by atoms with Crippen LogP contribution in [0.2, 0.25) is 0 Å². The van der Waals surface area contributed by atoms with Crippen LogP contribution in [0, 0.1) is 0 Å². The van der Waals surface area contributed by atoms with Crippen molar-refractivity contribution < 1.29 is 9.84 Å². The molecule has 0 aliphatic carbocycles. The first-order valence-corrected chi connectivity index (χ1v) is 4.52. The van der Waals surface area contributed by atoms with Gasteiger partial charge in [-0.25, -0.2) is 0 Å². The van der Waals surface area contributed by atoms with E-state index in [-0.39, 0.29) is 24.4 Å². The van der Waals surface area contributed by atoms with Gasteiger partial charge in [-0.2, -0.15) is 0 Å². The molecule has 0 saturated carbocycles. The maximum Gasteiger partial charge on any atom is 0.0954 e. The van der Waals surface area contributed by atoms with E-state index in [9.17, 15) is 5.11 Å². The number of aliphatic hydroxyl groups is 1. The Kier molecular flexibility index (Phi) is 3.09. The minimum absolute atomic E-state index is 0.0406.